The predicted octanol–water partition coefficient (Wildman–Crippen LogP) is 4.69. The van der Waals surface area contributed by atoms with E-state index in [1.165, 1.54) is 12.1 Å². The summed E-state index contributed by atoms with van der Waals surface area (Å²) in [4.78, 5) is 15.7. The summed E-state index contributed by atoms with van der Waals surface area (Å²) in [5.74, 6) is 1.96. The van der Waals surface area contributed by atoms with Crippen LogP contribution in [0.3, 0.4) is 0 Å². The lowest BCUT2D eigenvalue weighted by molar-refractivity contribution is -0.131. The number of hydrogen-bond donors (Lipinski definition) is 0. The topological polar surface area (TPSA) is 38.8 Å². The lowest BCUT2D eigenvalue weighted by Gasteiger charge is -2.26. The molecular formula is C21H24FNO3S. The lowest BCUT2D eigenvalue weighted by Crippen LogP contribution is -2.30. The van der Waals surface area contributed by atoms with Gasteiger partial charge in [0.05, 0.1) is 20.3 Å². The summed E-state index contributed by atoms with van der Waals surface area (Å²) in [6.45, 7) is 0.777. The standard InChI is InChI=1S/C21H24FNO3S/c1-25-19-10-5-15(14-20(19)26-2)18-4-3-12-23(18)21(24)11-13-27-17-8-6-16(22)7-9-17/h5-10,14,18H,3-4,11-13H2,1-2H3. The van der Waals surface area contributed by atoms with Crippen molar-refractivity contribution in [2.45, 2.75) is 30.2 Å². The SMILES string of the molecule is COc1ccc(C2CCCN2C(=O)CCSc2ccc(F)cc2)cc1OC. The Labute approximate surface area is 163 Å². The van der Waals surface area contributed by atoms with Crippen molar-refractivity contribution in [3.8, 4) is 11.5 Å². The number of amides is 1. The van der Waals surface area contributed by atoms with Gasteiger partial charge in [-0.15, -0.1) is 11.8 Å². The monoisotopic (exact) mass is 389 g/mol. The molecule has 3 rings (SSSR count). The molecule has 1 atom stereocenters. The number of halogens is 1. The summed E-state index contributed by atoms with van der Waals surface area (Å²) in [7, 11) is 3.23. The minimum atomic E-state index is -0.245. The highest BCUT2D eigenvalue weighted by atomic mass is 32.2. The Morgan fingerprint density at radius 3 is 2.59 bits per heavy atom. The molecule has 27 heavy (non-hydrogen) atoms. The van der Waals surface area contributed by atoms with Crippen LogP contribution < -0.4 is 9.47 Å². The van der Waals surface area contributed by atoms with Gasteiger partial charge in [0, 0.05) is 23.6 Å². The van der Waals surface area contributed by atoms with E-state index in [9.17, 15) is 9.18 Å². The van der Waals surface area contributed by atoms with Gasteiger partial charge in [0.2, 0.25) is 5.91 Å². The number of carbonyl (C=O) groups excluding carboxylic acids is 1. The van der Waals surface area contributed by atoms with Crippen LogP contribution in [0.5, 0.6) is 11.5 Å². The second kappa shape index (κ2) is 9.13. The molecular weight excluding hydrogens is 365 g/mol. The molecule has 2 aromatic rings. The molecule has 0 spiro atoms. The number of benzene rings is 2. The maximum Gasteiger partial charge on any atom is 0.223 e. The van der Waals surface area contributed by atoms with Crippen molar-refractivity contribution in [3.63, 3.8) is 0 Å². The fourth-order valence-electron chi connectivity index (χ4n) is 3.40. The Hall–Kier alpha value is -2.21. The van der Waals surface area contributed by atoms with Crippen LogP contribution in [0.1, 0.15) is 30.9 Å². The minimum Gasteiger partial charge on any atom is -0.493 e. The molecule has 0 aliphatic carbocycles. The quantitative estimate of drug-likeness (QED) is 0.644. The molecule has 144 valence electrons. The summed E-state index contributed by atoms with van der Waals surface area (Å²) >= 11 is 1.57. The number of ether oxygens (including phenoxy) is 2. The van der Waals surface area contributed by atoms with Crippen LogP contribution in [0, 0.1) is 5.82 Å². The molecule has 1 amide bonds. The van der Waals surface area contributed by atoms with Crippen molar-refractivity contribution in [2.75, 3.05) is 26.5 Å². The number of methoxy groups -OCH3 is 2. The Morgan fingerprint density at radius 1 is 1.15 bits per heavy atom. The van der Waals surface area contributed by atoms with Gasteiger partial charge >= 0.3 is 0 Å². The third-order valence-electron chi connectivity index (χ3n) is 4.76. The Balaban J connectivity index is 1.61. The lowest BCUT2D eigenvalue weighted by atomic mass is 10.0. The molecule has 2 aromatic carbocycles. The zero-order valence-corrected chi connectivity index (χ0v) is 16.4. The van der Waals surface area contributed by atoms with E-state index in [0.29, 0.717) is 23.7 Å². The van der Waals surface area contributed by atoms with Crippen LogP contribution in [0.15, 0.2) is 47.4 Å². The summed E-state index contributed by atoms with van der Waals surface area (Å²) < 4.78 is 23.7. The average molecular weight is 389 g/mol. The largest absolute Gasteiger partial charge is 0.493 e. The van der Waals surface area contributed by atoms with Gasteiger partial charge < -0.3 is 14.4 Å². The normalized spacial score (nSPS) is 16.4. The van der Waals surface area contributed by atoms with Crippen molar-refractivity contribution in [1.82, 2.24) is 4.90 Å². The molecule has 1 fully saturated rings. The third kappa shape index (κ3) is 4.75. The number of hydrogen-bond acceptors (Lipinski definition) is 4. The van der Waals surface area contributed by atoms with Crippen LogP contribution in [0.2, 0.25) is 0 Å². The first-order valence-electron chi connectivity index (χ1n) is 9.02. The Kier molecular flexibility index (Phi) is 6.61. The second-order valence-electron chi connectivity index (χ2n) is 6.41. The van der Waals surface area contributed by atoms with E-state index in [4.69, 9.17) is 9.47 Å². The highest BCUT2D eigenvalue weighted by Gasteiger charge is 2.30. The zero-order chi connectivity index (χ0) is 19.2. The van der Waals surface area contributed by atoms with Crippen LogP contribution in [0.25, 0.3) is 0 Å². The summed E-state index contributed by atoms with van der Waals surface area (Å²) in [6.07, 6.45) is 2.41. The van der Waals surface area contributed by atoms with Gasteiger partial charge in [0.1, 0.15) is 5.82 Å². The van der Waals surface area contributed by atoms with Gasteiger partial charge in [-0.25, -0.2) is 4.39 Å². The molecule has 6 heteroatoms. The first-order chi connectivity index (χ1) is 13.1. The van der Waals surface area contributed by atoms with Gasteiger partial charge in [-0.1, -0.05) is 6.07 Å². The molecule has 0 radical (unpaired) electrons. The molecule has 1 unspecified atom stereocenters. The molecule has 1 aliphatic heterocycles. The van der Waals surface area contributed by atoms with Crippen molar-refractivity contribution in [1.29, 1.82) is 0 Å². The predicted molar refractivity (Wildman–Crippen MR) is 105 cm³/mol. The fraction of sp³-hybridized carbons (Fsp3) is 0.381. The zero-order valence-electron chi connectivity index (χ0n) is 15.6. The number of thioether (sulfide) groups is 1. The first kappa shape index (κ1) is 19.5. The van der Waals surface area contributed by atoms with Gasteiger partial charge in [-0.2, -0.15) is 0 Å². The third-order valence-corrected chi connectivity index (χ3v) is 5.78. The molecule has 4 nitrogen and oxygen atoms in total. The number of likely N-dealkylation sites (tertiary alicyclic amines) is 1. The molecule has 0 bridgehead atoms. The second-order valence-corrected chi connectivity index (χ2v) is 7.58. The molecule has 1 heterocycles. The molecule has 1 saturated heterocycles. The van der Waals surface area contributed by atoms with E-state index in [-0.39, 0.29) is 17.8 Å². The highest BCUT2D eigenvalue weighted by molar-refractivity contribution is 7.99. The number of carbonyl (C=O) groups is 1. The first-order valence-corrected chi connectivity index (χ1v) is 10.0. The van der Waals surface area contributed by atoms with E-state index < -0.39 is 0 Å². The molecule has 0 saturated carbocycles. The van der Waals surface area contributed by atoms with E-state index in [0.717, 1.165) is 29.8 Å². The van der Waals surface area contributed by atoms with Crippen LogP contribution >= 0.6 is 11.8 Å². The van der Waals surface area contributed by atoms with Crippen LogP contribution in [-0.2, 0) is 4.79 Å². The molecule has 1 aliphatic rings. The maximum absolute atomic E-state index is 13.0. The van der Waals surface area contributed by atoms with Crippen molar-refractivity contribution in [2.24, 2.45) is 0 Å². The highest BCUT2D eigenvalue weighted by Crippen LogP contribution is 2.37. The van der Waals surface area contributed by atoms with Crippen molar-refractivity contribution in [3.05, 3.63) is 53.8 Å². The van der Waals surface area contributed by atoms with E-state index in [1.54, 1.807) is 38.1 Å². The van der Waals surface area contributed by atoms with Crippen LogP contribution in [-0.4, -0.2) is 37.3 Å². The van der Waals surface area contributed by atoms with E-state index >= 15 is 0 Å². The molecule has 0 aromatic heterocycles. The number of rotatable bonds is 7. The Morgan fingerprint density at radius 2 is 1.89 bits per heavy atom. The molecule has 0 N–H and O–H groups in total. The van der Waals surface area contributed by atoms with Crippen molar-refractivity contribution >= 4 is 17.7 Å². The van der Waals surface area contributed by atoms with Crippen molar-refractivity contribution < 1.29 is 18.7 Å². The number of nitrogens with zero attached hydrogens (tertiary/aromatic N) is 1. The van der Waals surface area contributed by atoms with Gasteiger partial charge in [-0.05, 0) is 54.8 Å². The van der Waals surface area contributed by atoms with Gasteiger partial charge in [0.15, 0.2) is 11.5 Å². The maximum atomic E-state index is 13.0. The minimum absolute atomic E-state index is 0.0770. The summed E-state index contributed by atoms with van der Waals surface area (Å²) in [6, 6.07) is 12.3. The van der Waals surface area contributed by atoms with Crippen LogP contribution in [0.4, 0.5) is 4.39 Å². The Bertz CT molecular complexity index is 781. The van der Waals surface area contributed by atoms with E-state index in [1.807, 2.05) is 23.1 Å². The van der Waals surface area contributed by atoms with Gasteiger partial charge in [0.25, 0.3) is 0 Å². The average Bonchev–Trinajstić information content (AvgIpc) is 3.19. The smallest absolute Gasteiger partial charge is 0.223 e. The van der Waals surface area contributed by atoms with E-state index in [2.05, 4.69) is 0 Å². The fourth-order valence-corrected chi connectivity index (χ4v) is 4.24. The van der Waals surface area contributed by atoms with Gasteiger partial charge in [-0.3, -0.25) is 4.79 Å². The summed E-state index contributed by atoms with van der Waals surface area (Å²) in [5, 5.41) is 0. The summed E-state index contributed by atoms with van der Waals surface area (Å²) in [5.41, 5.74) is 1.07.